The highest BCUT2D eigenvalue weighted by Gasteiger charge is 2.13. The lowest BCUT2D eigenvalue weighted by molar-refractivity contribution is 0.585. The predicted molar refractivity (Wildman–Crippen MR) is 118 cm³/mol. The van der Waals surface area contributed by atoms with Gasteiger partial charge in [0.25, 0.3) is 0 Å². The van der Waals surface area contributed by atoms with Crippen LogP contribution in [0.2, 0.25) is 0 Å². The highest BCUT2D eigenvalue weighted by Crippen LogP contribution is 2.28. The molecule has 1 aliphatic rings. The molecule has 4 aromatic rings. The number of benzene rings is 2. The number of nitrogens with one attached hydrogen (secondary N) is 2. The average molecular weight is 383 g/mol. The van der Waals surface area contributed by atoms with Crippen molar-refractivity contribution in [3.8, 4) is 11.3 Å². The highest BCUT2D eigenvalue weighted by atomic mass is 15.2. The molecule has 2 aromatic carbocycles. The Labute approximate surface area is 170 Å². The molecule has 2 aromatic heterocycles. The third-order valence-electron chi connectivity index (χ3n) is 5.63. The molecule has 5 rings (SSSR count). The number of fused-ring (bicyclic) bond motifs is 1. The van der Waals surface area contributed by atoms with Gasteiger partial charge in [0.2, 0.25) is 0 Å². The molecule has 0 spiro atoms. The minimum absolute atomic E-state index is 0.973. The van der Waals surface area contributed by atoms with Gasteiger partial charge in [-0.1, -0.05) is 36.4 Å². The number of aromatic amines is 1. The highest BCUT2D eigenvalue weighted by molar-refractivity contribution is 5.93. The van der Waals surface area contributed by atoms with Crippen molar-refractivity contribution in [1.82, 2.24) is 20.5 Å². The first-order chi connectivity index (χ1) is 14.4. The normalized spacial score (nSPS) is 14.4. The average Bonchev–Trinajstić information content (AvgIpc) is 3.22. The zero-order valence-corrected chi connectivity index (χ0v) is 16.4. The molecule has 2 N–H and O–H groups in total. The molecule has 3 heterocycles. The van der Waals surface area contributed by atoms with Crippen molar-refractivity contribution in [3.05, 3.63) is 78.0 Å². The molecule has 29 heavy (non-hydrogen) atoms. The summed E-state index contributed by atoms with van der Waals surface area (Å²) >= 11 is 0. The fraction of sp³-hybridized carbons (Fsp3) is 0.250. The summed E-state index contributed by atoms with van der Waals surface area (Å²) in [5, 5.41) is 12.3. The second kappa shape index (κ2) is 8.05. The van der Waals surface area contributed by atoms with E-state index in [1.54, 1.807) is 0 Å². The van der Waals surface area contributed by atoms with Crippen LogP contribution in [0.1, 0.15) is 11.1 Å². The van der Waals surface area contributed by atoms with Gasteiger partial charge >= 0.3 is 0 Å². The molecule has 0 amide bonds. The number of H-pyrrole nitrogens is 1. The zero-order valence-electron chi connectivity index (χ0n) is 16.4. The van der Waals surface area contributed by atoms with Gasteiger partial charge in [-0.2, -0.15) is 5.10 Å². The van der Waals surface area contributed by atoms with E-state index in [4.69, 9.17) is 4.98 Å². The van der Waals surface area contributed by atoms with Crippen LogP contribution in [0.15, 0.2) is 66.9 Å². The topological polar surface area (TPSA) is 56.8 Å². The van der Waals surface area contributed by atoms with Gasteiger partial charge in [-0.15, -0.1) is 0 Å². The molecule has 5 heteroatoms. The Kier molecular flexibility index (Phi) is 4.97. The summed E-state index contributed by atoms with van der Waals surface area (Å²) in [7, 11) is 0. The first kappa shape index (κ1) is 17.9. The van der Waals surface area contributed by atoms with Crippen LogP contribution in [0.3, 0.4) is 0 Å². The number of nitrogens with zero attached hydrogens (tertiary/aromatic N) is 3. The summed E-state index contributed by atoms with van der Waals surface area (Å²) in [6.07, 6.45) is 4.01. The number of hydrogen-bond donors (Lipinski definition) is 2. The number of pyridine rings is 1. The largest absolute Gasteiger partial charge is 0.354 e. The Balaban J connectivity index is 1.38. The van der Waals surface area contributed by atoms with Crippen LogP contribution >= 0.6 is 0 Å². The second-order valence-corrected chi connectivity index (χ2v) is 7.58. The molecule has 0 atom stereocenters. The van der Waals surface area contributed by atoms with E-state index >= 15 is 0 Å². The lowest BCUT2D eigenvalue weighted by Crippen LogP contribution is -2.43. The van der Waals surface area contributed by atoms with Crippen LogP contribution in [0.4, 0.5) is 5.82 Å². The molecule has 5 nitrogen and oxygen atoms in total. The van der Waals surface area contributed by atoms with Gasteiger partial charge in [0.1, 0.15) is 11.5 Å². The van der Waals surface area contributed by atoms with Crippen LogP contribution in [0, 0.1) is 0 Å². The minimum atomic E-state index is 0.973. The molecule has 146 valence electrons. The summed E-state index contributed by atoms with van der Waals surface area (Å²) in [5.41, 5.74) is 5.79. The van der Waals surface area contributed by atoms with Gasteiger partial charge in [0.05, 0.1) is 5.52 Å². The number of hydrogen-bond acceptors (Lipinski definition) is 4. The number of rotatable bonds is 5. The van der Waals surface area contributed by atoms with Gasteiger partial charge in [-0.25, -0.2) is 4.98 Å². The van der Waals surface area contributed by atoms with E-state index in [0.717, 1.165) is 67.0 Å². The van der Waals surface area contributed by atoms with Gasteiger partial charge in [0.15, 0.2) is 0 Å². The van der Waals surface area contributed by atoms with Gasteiger partial charge in [-0.05, 0) is 48.2 Å². The molecule has 0 bridgehead atoms. The zero-order chi connectivity index (χ0) is 19.5. The maximum absolute atomic E-state index is 4.71. The van der Waals surface area contributed by atoms with Crippen LogP contribution in [-0.2, 0) is 12.8 Å². The quantitative estimate of drug-likeness (QED) is 0.550. The second-order valence-electron chi connectivity index (χ2n) is 7.58. The van der Waals surface area contributed by atoms with Crippen molar-refractivity contribution in [1.29, 1.82) is 0 Å². The van der Waals surface area contributed by atoms with E-state index in [1.807, 2.05) is 6.20 Å². The van der Waals surface area contributed by atoms with Crippen molar-refractivity contribution < 1.29 is 0 Å². The fourth-order valence-electron chi connectivity index (χ4n) is 3.98. The third kappa shape index (κ3) is 3.87. The molecule has 1 aliphatic heterocycles. The lowest BCUT2D eigenvalue weighted by Gasteiger charge is -2.28. The molecule has 1 fully saturated rings. The van der Waals surface area contributed by atoms with Crippen LogP contribution in [0.25, 0.3) is 22.2 Å². The van der Waals surface area contributed by atoms with Gasteiger partial charge in [-0.3, -0.25) is 5.10 Å². The van der Waals surface area contributed by atoms with Crippen molar-refractivity contribution in [3.63, 3.8) is 0 Å². The SMILES string of the molecule is c1ccc(CCc2ccc3[nH]nc(-c4ccc(N5CCNCC5)nc4)c3c2)cc1. The van der Waals surface area contributed by atoms with E-state index in [-0.39, 0.29) is 0 Å². The van der Waals surface area contributed by atoms with E-state index in [0.29, 0.717) is 0 Å². The Morgan fingerprint density at radius 2 is 1.69 bits per heavy atom. The van der Waals surface area contributed by atoms with Crippen LogP contribution < -0.4 is 10.2 Å². The number of aryl methyl sites for hydroxylation is 2. The molecular formula is C24H25N5. The molecular weight excluding hydrogens is 358 g/mol. The Hall–Kier alpha value is -3.18. The smallest absolute Gasteiger partial charge is 0.128 e. The maximum Gasteiger partial charge on any atom is 0.128 e. The Morgan fingerprint density at radius 3 is 2.48 bits per heavy atom. The predicted octanol–water partition coefficient (Wildman–Crippen LogP) is 3.82. The van der Waals surface area contributed by atoms with E-state index in [9.17, 15) is 0 Å². The minimum Gasteiger partial charge on any atom is -0.354 e. The summed E-state index contributed by atoms with van der Waals surface area (Å²) in [6, 6.07) is 21.5. The number of piperazine rings is 1. The maximum atomic E-state index is 4.71. The molecule has 0 saturated carbocycles. The van der Waals surface area contributed by atoms with Crippen molar-refractivity contribution in [2.45, 2.75) is 12.8 Å². The Bertz CT molecular complexity index is 1080. The van der Waals surface area contributed by atoms with Gasteiger partial charge in [0, 0.05) is 43.3 Å². The van der Waals surface area contributed by atoms with E-state index in [1.165, 1.54) is 11.1 Å². The molecule has 0 radical (unpaired) electrons. The number of anilines is 1. The molecule has 0 unspecified atom stereocenters. The van der Waals surface area contributed by atoms with E-state index in [2.05, 4.69) is 81.1 Å². The summed E-state index contributed by atoms with van der Waals surface area (Å²) in [6.45, 7) is 4.03. The number of aromatic nitrogens is 3. The van der Waals surface area contributed by atoms with Crippen molar-refractivity contribution in [2.75, 3.05) is 31.1 Å². The fourth-order valence-corrected chi connectivity index (χ4v) is 3.98. The molecule has 1 saturated heterocycles. The van der Waals surface area contributed by atoms with Crippen molar-refractivity contribution in [2.24, 2.45) is 0 Å². The van der Waals surface area contributed by atoms with Crippen molar-refractivity contribution >= 4 is 16.7 Å². The standard InChI is InChI=1S/C24H25N5/c1-2-4-18(5-3-1)6-7-19-8-10-22-21(16-19)24(28-27-22)20-9-11-23(26-17-20)29-14-12-25-13-15-29/h1-5,8-11,16-17,25H,6-7,12-15H2,(H,27,28). The lowest BCUT2D eigenvalue weighted by atomic mass is 10.0. The monoisotopic (exact) mass is 383 g/mol. The van der Waals surface area contributed by atoms with Crippen LogP contribution in [0.5, 0.6) is 0 Å². The van der Waals surface area contributed by atoms with Gasteiger partial charge < -0.3 is 10.2 Å². The first-order valence-corrected chi connectivity index (χ1v) is 10.3. The first-order valence-electron chi connectivity index (χ1n) is 10.3. The van der Waals surface area contributed by atoms with E-state index < -0.39 is 0 Å². The third-order valence-corrected chi connectivity index (χ3v) is 5.63. The van der Waals surface area contributed by atoms with Crippen LogP contribution in [-0.4, -0.2) is 41.4 Å². The summed E-state index contributed by atoms with van der Waals surface area (Å²) in [4.78, 5) is 7.03. The Morgan fingerprint density at radius 1 is 0.862 bits per heavy atom. The summed E-state index contributed by atoms with van der Waals surface area (Å²) in [5.74, 6) is 1.04. The summed E-state index contributed by atoms with van der Waals surface area (Å²) < 4.78 is 0. The molecule has 0 aliphatic carbocycles.